The van der Waals surface area contributed by atoms with Crippen molar-refractivity contribution < 1.29 is 4.79 Å². The Labute approximate surface area is 170 Å². The molecule has 0 spiro atoms. The van der Waals surface area contributed by atoms with E-state index < -0.39 is 0 Å². The fourth-order valence-corrected chi connectivity index (χ4v) is 4.35. The Morgan fingerprint density at radius 3 is 2.62 bits per heavy atom. The third-order valence-corrected chi connectivity index (χ3v) is 5.94. The molecule has 0 aliphatic carbocycles. The molecule has 5 rings (SSSR count). The number of aromatic nitrogens is 4. The van der Waals surface area contributed by atoms with Gasteiger partial charge in [0.05, 0.1) is 5.92 Å². The highest BCUT2D eigenvalue weighted by Crippen LogP contribution is 2.26. The van der Waals surface area contributed by atoms with Gasteiger partial charge in [-0.15, -0.1) is 10.2 Å². The van der Waals surface area contributed by atoms with Crippen LogP contribution in [0.15, 0.2) is 55.1 Å². The molecule has 1 unspecified atom stereocenters. The van der Waals surface area contributed by atoms with Gasteiger partial charge in [-0.3, -0.25) is 9.36 Å². The Morgan fingerprint density at radius 2 is 1.83 bits per heavy atom. The Hall–Kier alpha value is -3.22. The number of anilines is 1. The lowest BCUT2D eigenvalue weighted by Gasteiger charge is -2.37. The predicted molar refractivity (Wildman–Crippen MR) is 110 cm³/mol. The zero-order valence-electron chi connectivity index (χ0n) is 16.3. The van der Waals surface area contributed by atoms with Gasteiger partial charge in [-0.25, -0.2) is 4.98 Å². The van der Waals surface area contributed by atoms with Crippen LogP contribution in [-0.2, 0) is 17.8 Å². The van der Waals surface area contributed by atoms with Gasteiger partial charge in [0, 0.05) is 38.6 Å². The molecular formula is C22H24N6O. The highest BCUT2D eigenvalue weighted by atomic mass is 16.2. The summed E-state index contributed by atoms with van der Waals surface area (Å²) in [6.45, 7) is 3.15. The Balaban J connectivity index is 1.26. The lowest BCUT2D eigenvalue weighted by Crippen LogP contribution is -2.46. The number of amides is 1. The molecule has 2 aromatic heterocycles. The number of carbonyl (C=O) groups is 1. The Kier molecular flexibility index (Phi) is 4.71. The summed E-state index contributed by atoms with van der Waals surface area (Å²) in [6.07, 6.45) is 8.14. The number of piperidine rings is 1. The number of imidazole rings is 1. The maximum Gasteiger partial charge on any atom is 0.227 e. The standard InChI is InChI=1S/C22H24N6O/c29-22(27-12-9-17-4-1-2-5-18(17)14-27)19-6-3-11-26(15-19)20-7-8-21(25-24-20)28-13-10-23-16-28/h1-2,4-5,7-8,10,13,16,19H,3,6,9,11-12,14-15H2. The minimum atomic E-state index is 0.0177. The molecule has 1 saturated heterocycles. The minimum Gasteiger partial charge on any atom is -0.354 e. The smallest absolute Gasteiger partial charge is 0.227 e. The molecule has 0 bridgehead atoms. The summed E-state index contributed by atoms with van der Waals surface area (Å²) in [4.78, 5) is 21.5. The van der Waals surface area contributed by atoms with Crippen molar-refractivity contribution in [3.8, 4) is 5.82 Å². The van der Waals surface area contributed by atoms with E-state index in [1.807, 2.05) is 27.8 Å². The van der Waals surface area contributed by atoms with Crippen molar-refractivity contribution in [1.29, 1.82) is 0 Å². The van der Waals surface area contributed by atoms with Crippen LogP contribution in [0, 0.1) is 5.92 Å². The first-order valence-electron chi connectivity index (χ1n) is 10.2. The molecule has 1 amide bonds. The van der Waals surface area contributed by atoms with Crippen LogP contribution in [0.25, 0.3) is 5.82 Å². The lowest BCUT2D eigenvalue weighted by atomic mass is 9.94. The van der Waals surface area contributed by atoms with Crippen LogP contribution in [0.1, 0.15) is 24.0 Å². The highest BCUT2D eigenvalue weighted by Gasteiger charge is 2.31. The van der Waals surface area contributed by atoms with E-state index >= 15 is 0 Å². The zero-order valence-corrected chi connectivity index (χ0v) is 16.3. The Morgan fingerprint density at radius 1 is 1.00 bits per heavy atom. The molecule has 148 valence electrons. The van der Waals surface area contributed by atoms with Crippen molar-refractivity contribution in [1.82, 2.24) is 24.6 Å². The molecular weight excluding hydrogens is 364 g/mol. The predicted octanol–water partition coefficient (Wildman–Crippen LogP) is 2.46. The van der Waals surface area contributed by atoms with E-state index in [1.165, 1.54) is 11.1 Å². The maximum absolute atomic E-state index is 13.2. The summed E-state index contributed by atoms with van der Waals surface area (Å²) in [5.41, 5.74) is 2.65. The highest BCUT2D eigenvalue weighted by molar-refractivity contribution is 5.80. The number of benzene rings is 1. The second kappa shape index (κ2) is 7.66. The maximum atomic E-state index is 13.2. The van der Waals surface area contributed by atoms with E-state index in [2.05, 4.69) is 44.3 Å². The normalized spacial score (nSPS) is 19.1. The molecule has 2 aliphatic heterocycles. The zero-order chi connectivity index (χ0) is 19.6. The van der Waals surface area contributed by atoms with Gasteiger partial charge >= 0.3 is 0 Å². The molecule has 0 N–H and O–H groups in total. The van der Waals surface area contributed by atoms with Gasteiger partial charge < -0.3 is 9.80 Å². The quantitative estimate of drug-likeness (QED) is 0.690. The lowest BCUT2D eigenvalue weighted by molar-refractivity contribution is -0.136. The van der Waals surface area contributed by atoms with Crippen LogP contribution in [0.4, 0.5) is 5.82 Å². The van der Waals surface area contributed by atoms with Gasteiger partial charge in [-0.05, 0) is 42.5 Å². The molecule has 2 aliphatic rings. The number of nitrogens with zero attached hydrogens (tertiary/aromatic N) is 6. The third-order valence-electron chi connectivity index (χ3n) is 5.94. The molecule has 3 aromatic rings. The topological polar surface area (TPSA) is 67.2 Å². The first-order valence-corrected chi connectivity index (χ1v) is 10.2. The summed E-state index contributed by atoms with van der Waals surface area (Å²) in [5.74, 6) is 1.86. The van der Waals surface area contributed by atoms with E-state index in [9.17, 15) is 4.79 Å². The molecule has 0 saturated carbocycles. The van der Waals surface area contributed by atoms with Crippen molar-refractivity contribution >= 4 is 11.7 Å². The summed E-state index contributed by atoms with van der Waals surface area (Å²) < 4.78 is 1.83. The second-order valence-corrected chi connectivity index (χ2v) is 7.78. The van der Waals surface area contributed by atoms with Crippen molar-refractivity contribution in [3.63, 3.8) is 0 Å². The minimum absolute atomic E-state index is 0.0177. The summed E-state index contributed by atoms with van der Waals surface area (Å²) in [6, 6.07) is 12.4. The number of hydrogen-bond acceptors (Lipinski definition) is 5. The van der Waals surface area contributed by atoms with Crippen LogP contribution in [0.2, 0.25) is 0 Å². The molecule has 1 aromatic carbocycles. The van der Waals surface area contributed by atoms with Crippen LogP contribution >= 0.6 is 0 Å². The van der Waals surface area contributed by atoms with E-state index in [4.69, 9.17) is 0 Å². The number of rotatable bonds is 3. The molecule has 1 atom stereocenters. The molecule has 7 heteroatoms. The van der Waals surface area contributed by atoms with Crippen LogP contribution < -0.4 is 4.90 Å². The first kappa shape index (κ1) is 17.8. The largest absolute Gasteiger partial charge is 0.354 e. The molecule has 4 heterocycles. The van der Waals surface area contributed by atoms with Gasteiger partial charge in [0.1, 0.15) is 6.33 Å². The van der Waals surface area contributed by atoms with E-state index in [-0.39, 0.29) is 11.8 Å². The second-order valence-electron chi connectivity index (χ2n) is 7.78. The average molecular weight is 388 g/mol. The molecule has 29 heavy (non-hydrogen) atoms. The van der Waals surface area contributed by atoms with Crippen molar-refractivity contribution in [2.75, 3.05) is 24.5 Å². The number of fused-ring (bicyclic) bond motifs is 1. The molecule has 0 radical (unpaired) electrons. The molecule has 7 nitrogen and oxygen atoms in total. The number of carbonyl (C=O) groups excluding carboxylic acids is 1. The fourth-order valence-electron chi connectivity index (χ4n) is 4.35. The first-order chi connectivity index (χ1) is 14.3. The van der Waals surface area contributed by atoms with Crippen molar-refractivity contribution in [3.05, 3.63) is 66.2 Å². The SMILES string of the molecule is O=C(C1CCCN(c2ccc(-n3ccnc3)nn2)C1)N1CCc2ccccc2C1. The monoisotopic (exact) mass is 388 g/mol. The fraction of sp³-hybridized carbons (Fsp3) is 0.364. The van der Waals surface area contributed by atoms with Crippen LogP contribution in [0.3, 0.4) is 0 Å². The van der Waals surface area contributed by atoms with E-state index in [1.54, 1.807) is 12.5 Å². The van der Waals surface area contributed by atoms with Gasteiger partial charge in [0.15, 0.2) is 11.6 Å². The summed E-state index contributed by atoms with van der Waals surface area (Å²) >= 11 is 0. The van der Waals surface area contributed by atoms with E-state index in [0.29, 0.717) is 6.54 Å². The third kappa shape index (κ3) is 3.60. The Bertz CT molecular complexity index is 985. The average Bonchev–Trinajstić information content (AvgIpc) is 3.33. The van der Waals surface area contributed by atoms with Gasteiger partial charge in [0.25, 0.3) is 0 Å². The van der Waals surface area contributed by atoms with Crippen LogP contribution in [-0.4, -0.2) is 50.2 Å². The molecule has 1 fully saturated rings. The van der Waals surface area contributed by atoms with Gasteiger partial charge in [-0.2, -0.15) is 0 Å². The summed E-state index contributed by atoms with van der Waals surface area (Å²) in [5, 5.41) is 8.71. The van der Waals surface area contributed by atoms with E-state index in [0.717, 1.165) is 50.5 Å². The van der Waals surface area contributed by atoms with Gasteiger partial charge in [-0.1, -0.05) is 24.3 Å². The van der Waals surface area contributed by atoms with Crippen molar-refractivity contribution in [2.24, 2.45) is 5.92 Å². The van der Waals surface area contributed by atoms with Crippen molar-refractivity contribution in [2.45, 2.75) is 25.8 Å². The van der Waals surface area contributed by atoms with Crippen LogP contribution in [0.5, 0.6) is 0 Å². The number of hydrogen-bond donors (Lipinski definition) is 0. The summed E-state index contributed by atoms with van der Waals surface area (Å²) in [7, 11) is 0. The van der Waals surface area contributed by atoms with Gasteiger partial charge in [0.2, 0.25) is 5.91 Å².